The van der Waals surface area contributed by atoms with Gasteiger partial charge >= 0.3 is 0 Å². The van der Waals surface area contributed by atoms with E-state index in [1.54, 1.807) is 48.8 Å². The van der Waals surface area contributed by atoms with Crippen molar-refractivity contribution in [3.05, 3.63) is 0 Å². The molecule has 0 bridgehead atoms. The van der Waals surface area contributed by atoms with Gasteiger partial charge in [0.1, 0.15) is 0 Å². The predicted molar refractivity (Wildman–Crippen MR) is 79.7 cm³/mol. The molecular formula is H20Si9. The first-order valence-corrected chi connectivity index (χ1v) is 35.8. The first kappa shape index (κ1) is 11.0. The molecule has 0 aromatic rings. The molecule has 0 rings (SSSR count). The van der Waals surface area contributed by atoms with E-state index in [1.807, 2.05) is 0 Å². The van der Waals surface area contributed by atoms with E-state index in [4.69, 9.17) is 0 Å². The summed E-state index contributed by atoms with van der Waals surface area (Å²) in [4.78, 5) is 0. The zero-order chi connectivity index (χ0) is 7.49. The van der Waals surface area contributed by atoms with E-state index in [-0.39, 0.29) is 6.14 Å². The summed E-state index contributed by atoms with van der Waals surface area (Å²) in [5.41, 5.74) is 0. The van der Waals surface area contributed by atoms with E-state index in [9.17, 15) is 0 Å². The molecule has 0 amide bonds. The van der Waals surface area contributed by atoms with Crippen molar-refractivity contribution in [2.75, 3.05) is 0 Å². The topological polar surface area (TPSA) is 0 Å². The predicted octanol–water partition coefficient (Wildman–Crippen LogP) is -8.78. The van der Waals surface area contributed by atoms with Crippen LogP contribution in [0, 0.1) is 0 Å². The van der Waals surface area contributed by atoms with Gasteiger partial charge in [-0.05, 0) is 79.4 Å². The summed E-state index contributed by atoms with van der Waals surface area (Å²) >= 11 is 0. The Morgan fingerprint density at radius 3 is 1.78 bits per heavy atom. The standard InChI is InChI=1S/H20Si9/c1-6-9(4,5)7-8(2)3/h8H,6-7H2,1-5H3. The first-order chi connectivity index (χ1) is 3.98. The molecule has 0 N–H and O–H groups in total. The Labute approximate surface area is 79.0 Å². The molecule has 0 radical (unpaired) electrons. The van der Waals surface area contributed by atoms with E-state index < -0.39 is 0 Å². The highest BCUT2D eigenvalue weighted by atomic mass is 30.3. The van der Waals surface area contributed by atoms with Gasteiger partial charge in [0.15, 0.2) is 0 Å². The van der Waals surface area contributed by atoms with Crippen LogP contribution in [0.3, 0.4) is 0 Å². The molecule has 0 aromatic heterocycles. The summed E-state index contributed by atoms with van der Waals surface area (Å²) in [6.07, 6.45) is 0.00810. The summed E-state index contributed by atoms with van der Waals surface area (Å²) in [5, 5.41) is 0. The maximum absolute atomic E-state index is 1.78. The van der Waals surface area contributed by atoms with Crippen molar-refractivity contribution in [1.29, 1.82) is 0 Å². The van der Waals surface area contributed by atoms with Crippen LogP contribution >= 0.6 is 0 Å². The van der Waals surface area contributed by atoms with Gasteiger partial charge in [0.05, 0.1) is 0 Å². The third-order valence-electron chi connectivity index (χ3n) is 1.92. The lowest BCUT2D eigenvalue weighted by Crippen LogP contribution is -2.57. The van der Waals surface area contributed by atoms with Gasteiger partial charge in [-0.1, -0.05) is 0 Å². The monoisotopic (exact) mass is 272 g/mol. The third-order valence-corrected chi connectivity index (χ3v) is 155. The summed E-state index contributed by atoms with van der Waals surface area (Å²) in [6.45, 7) is 0. The van der Waals surface area contributed by atoms with Crippen LogP contribution in [-0.4, -0.2) is 79.4 Å². The fraction of sp³-hybridized carbons (Fsp3) is 0. The fourth-order valence-corrected chi connectivity index (χ4v) is 304. The van der Waals surface area contributed by atoms with Gasteiger partial charge in [0, 0.05) is 0 Å². The molecule has 0 nitrogen and oxygen atoms in total. The maximum atomic E-state index is 1.78. The SMILES string of the molecule is [SiH3][SiH2][Si]([SiH3])([SiH3])[SiH2][SiH]([SiH3])[SiH3]. The summed E-state index contributed by atoms with van der Waals surface area (Å²) in [5.74, 6) is 0. The van der Waals surface area contributed by atoms with Crippen molar-refractivity contribution >= 4 is 79.4 Å². The van der Waals surface area contributed by atoms with Crippen molar-refractivity contribution in [3.63, 3.8) is 0 Å². The lowest BCUT2D eigenvalue weighted by Gasteiger charge is -2.20. The first-order valence-electron chi connectivity index (χ1n) is 3.98. The molecule has 0 fully saturated rings. The second-order valence-electron chi connectivity index (χ2n) is 4.12. The van der Waals surface area contributed by atoms with Crippen LogP contribution < -0.4 is 0 Å². The quantitative estimate of drug-likeness (QED) is 0.448. The second kappa shape index (κ2) is 4.75. The lowest BCUT2D eigenvalue weighted by atomic mass is 25.9. The second-order valence-corrected chi connectivity index (χ2v) is 111. The molecule has 0 unspecified atom stereocenters. The van der Waals surface area contributed by atoms with Crippen LogP contribution in [0.5, 0.6) is 0 Å². The smallest absolute Gasteiger partial charge is 0.00582 e. The van der Waals surface area contributed by atoms with Gasteiger partial charge in [0.2, 0.25) is 0 Å². The van der Waals surface area contributed by atoms with Gasteiger partial charge in [-0.25, -0.2) is 0 Å². The minimum atomic E-state index is 0.00810. The van der Waals surface area contributed by atoms with E-state index >= 15 is 0 Å². The average molecular weight is 273 g/mol. The molecule has 0 saturated heterocycles. The average Bonchev–Trinajstić information content (AvgIpc) is 1.63. The van der Waals surface area contributed by atoms with E-state index in [0.717, 1.165) is 17.1 Å². The van der Waals surface area contributed by atoms with Crippen molar-refractivity contribution in [2.45, 2.75) is 0 Å². The number of hydrogen-bond donors (Lipinski definition) is 0. The summed E-state index contributed by atoms with van der Waals surface area (Å²) in [7, 11) is 10.6. The molecule has 0 spiro atoms. The Morgan fingerprint density at radius 1 is 1.22 bits per heavy atom. The summed E-state index contributed by atoms with van der Waals surface area (Å²) < 4.78 is 0. The Balaban J connectivity index is 3.58. The van der Waals surface area contributed by atoms with Gasteiger partial charge in [0.25, 0.3) is 0 Å². The minimum Gasteiger partial charge on any atom is -0.0119 e. The molecule has 0 aliphatic rings. The Hall–Kier alpha value is 1.95. The molecule has 0 heterocycles. The van der Waals surface area contributed by atoms with E-state index in [1.165, 1.54) is 0 Å². The van der Waals surface area contributed by atoms with Crippen LogP contribution in [0.15, 0.2) is 0 Å². The van der Waals surface area contributed by atoms with Crippen molar-refractivity contribution in [3.8, 4) is 0 Å². The highest BCUT2D eigenvalue weighted by Crippen LogP contribution is 1.82. The molecule has 0 atom stereocenters. The van der Waals surface area contributed by atoms with Crippen LogP contribution in [0.4, 0.5) is 0 Å². The Morgan fingerprint density at radius 2 is 1.67 bits per heavy atom. The van der Waals surface area contributed by atoms with Crippen LogP contribution in [0.25, 0.3) is 0 Å². The van der Waals surface area contributed by atoms with E-state index in [2.05, 4.69) is 0 Å². The Bertz CT molecular complexity index is 70.1. The lowest BCUT2D eigenvalue weighted by molar-refractivity contribution is 3.56. The zero-order valence-electron chi connectivity index (χ0n) is 7.49. The minimum absolute atomic E-state index is 0.00810. The highest BCUT2D eigenvalue weighted by molar-refractivity contribution is 7.95. The van der Waals surface area contributed by atoms with Crippen LogP contribution in [-0.2, 0) is 0 Å². The van der Waals surface area contributed by atoms with Crippen molar-refractivity contribution in [1.82, 2.24) is 0 Å². The molecule has 56 valence electrons. The molecule has 0 aliphatic carbocycles. The fourth-order valence-electron chi connectivity index (χ4n) is 1.25. The van der Waals surface area contributed by atoms with Crippen molar-refractivity contribution in [2.24, 2.45) is 0 Å². The zero-order valence-corrected chi connectivity index (χ0v) is 22.5. The highest BCUT2D eigenvalue weighted by Gasteiger charge is 2.19. The Kier molecular flexibility index (Phi) is 5.79. The molecule has 0 aromatic carbocycles. The van der Waals surface area contributed by atoms with Gasteiger partial charge in [-0.2, -0.15) is 0 Å². The molecule has 9 heteroatoms. The molecule has 9 heavy (non-hydrogen) atoms. The van der Waals surface area contributed by atoms with Gasteiger partial charge in [-0.15, -0.1) is 0 Å². The largest absolute Gasteiger partial charge is 0.0119 e. The van der Waals surface area contributed by atoms with Crippen molar-refractivity contribution < 1.29 is 0 Å². The third kappa shape index (κ3) is 6.35. The van der Waals surface area contributed by atoms with Gasteiger partial charge in [-0.3, -0.25) is 0 Å². The van der Waals surface area contributed by atoms with Crippen LogP contribution in [0.1, 0.15) is 0 Å². The van der Waals surface area contributed by atoms with E-state index in [0.29, 0.717) is 7.35 Å². The van der Waals surface area contributed by atoms with Gasteiger partial charge < -0.3 is 0 Å². The maximum Gasteiger partial charge on any atom is -0.00582 e. The number of rotatable bonds is 3. The molecule has 0 aliphatic heterocycles. The number of hydrogen-bond acceptors (Lipinski definition) is 0. The normalized spacial score (nSPS) is 25.3. The molecular weight excluding hydrogens is 253 g/mol. The molecule has 0 saturated carbocycles. The summed E-state index contributed by atoms with van der Waals surface area (Å²) in [6, 6.07) is 0. The van der Waals surface area contributed by atoms with Crippen LogP contribution in [0.2, 0.25) is 0 Å².